The van der Waals surface area contributed by atoms with Crippen LogP contribution in [-0.2, 0) is 14.3 Å². The van der Waals surface area contributed by atoms with Gasteiger partial charge < -0.3 is 14.6 Å². The van der Waals surface area contributed by atoms with Gasteiger partial charge in [-0.25, -0.2) is 4.79 Å². The molecule has 0 saturated carbocycles. The van der Waals surface area contributed by atoms with Gasteiger partial charge in [-0.05, 0) is 13.8 Å². The van der Waals surface area contributed by atoms with Crippen LogP contribution in [0.4, 0.5) is 0 Å². The molecule has 5 heteroatoms. The van der Waals surface area contributed by atoms with E-state index in [0.717, 1.165) is 5.75 Å². The molecule has 2 aliphatic rings. The summed E-state index contributed by atoms with van der Waals surface area (Å²) in [5.41, 5.74) is 0. The summed E-state index contributed by atoms with van der Waals surface area (Å²) in [6.45, 7) is 3.49. The summed E-state index contributed by atoms with van der Waals surface area (Å²) >= 11 is 1.72. The molecule has 0 amide bonds. The molecule has 0 aromatic heterocycles. The normalized spacial score (nSPS) is 41.8. The van der Waals surface area contributed by atoms with Gasteiger partial charge in [0.2, 0.25) is 0 Å². The highest BCUT2D eigenvalue weighted by Gasteiger charge is 2.52. The second-order valence-corrected chi connectivity index (χ2v) is 5.00. The van der Waals surface area contributed by atoms with Crippen molar-refractivity contribution in [2.75, 3.05) is 5.75 Å². The maximum absolute atomic E-state index is 10.8. The number of hydrogen-bond donors (Lipinski definition) is 1. The fraction of sp³-hybridized carbons (Fsp3) is 0.875. The van der Waals surface area contributed by atoms with Crippen LogP contribution in [0, 0.1) is 0 Å². The molecule has 0 aromatic rings. The molecule has 2 heterocycles. The van der Waals surface area contributed by atoms with Crippen LogP contribution in [0.2, 0.25) is 0 Å². The summed E-state index contributed by atoms with van der Waals surface area (Å²) < 4.78 is 10.8. The van der Waals surface area contributed by atoms with Crippen molar-refractivity contribution < 1.29 is 19.4 Å². The van der Waals surface area contributed by atoms with E-state index in [-0.39, 0.29) is 6.10 Å². The molecule has 0 radical (unpaired) electrons. The van der Waals surface area contributed by atoms with E-state index >= 15 is 0 Å². The van der Waals surface area contributed by atoms with Crippen LogP contribution in [0.3, 0.4) is 0 Å². The van der Waals surface area contributed by atoms with Crippen molar-refractivity contribution in [2.24, 2.45) is 0 Å². The third-order valence-corrected chi connectivity index (χ3v) is 3.08. The number of aliphatic carboxylic acids is 1. The molecular formula is C8H12O4S. The van der Waals surface area contributed by atoms with Gasteiger partial charge in [0.05, 0.1) is 0 Å². The van der Waals surface area contributed by atoms with Gasteiger partial charge in [0, 0.05) is 11.0 Å². The van der Waals surface area contributed by atoms with Crippen LogP contribution >= 0.6 is 11.8 Å². The number of hydrogen-bond acceptors (Lipinski definition) is 4. The van der Waals surface area contributed by atoms with Crippen LogP contribution < -0.4 is 0 Å². The first-order chi connectivity index (χ1) is 5.99. The van der Waals surface area contributed by atoms with E-state index in [4.69, 9.17) is 14.6 Å². The molecule has 2 fully saturated rings. The van der Waals surface area contributed by atoms with Gasteiger partial charge in [-0.3, -0.25) is 0 Å². The lowest BCUT2D eigenvalue weighted by Crippen LogP contribution is -2.34. The van der Waals surface area contributed by atoms with Crippen molar-refractivity contribution in [3.05, 3.63) is 0 Å². The molecule has 2 aliphatic heterocycles. The van der Waals surface area contributed by atoms with Crippen LogP contribution in [0.15, 0.2) is 0 Å². The maximum Gasteiger partial charge on any atom is 0.335 e. The highest BCUT2D eigenvalue weighted by atomic mass is 32.2. The van der Waals surface area contributed by atoms with Gasteiger partial charge >= 0.3 is 5.97 Å². The molecule has 0 bridgehead atoms. The molecule has 13 heavy (non-hydrogen) atoms. The molecule has 74 valence electrons. The van der Waals surface area contributed by atoms with Gasteiger partial charge in [-0.1, -0.05) is 0 Å². The number of rotatable bonds is 2. The molecule has 2 rings (SSSR count). The summed E-state index contributed by atoms with van der Waals surface area (Å²) in [7, 11) is 0. The lowest BCUT2D eigenvalue weighted by molar-refractivity contribution is -0.165. The molecule has 3 atom stereocenters. The molecule has 0 spiro atoms. The van der Waals surface area contributed by atoms with Crippen LogP contribution in [0.25, 0.3) is 0 Å². The summed E-state index contributed by atoms with van der Waals surface area (Å²) in [6.07, 6.45) is -1.08. The highest BCUT2D eigenvalue weighted by Crippen LogP contribution is 2.42. The lowest BCUT2D eigenvalue weighted by Gasteiger charge is -2.15. The van der Waals surface area contributed by atoms with E-state index < -0.39 is 17.9 Å². The Balaban J connectivity index is 2.11. The number of thioether (sulfide) groups is 1. The molecule has 1 N–H and O–H groups in total. The van der Waals surface area contributed by atoms with Crippen molar-refractivity contribution in [1.29, 1.82) is 0 Å². The van der Waals surface area contributed by atoms with Crippen molar-refractivity contribution in [2.45, 2.75) is 37.1 Å². The van der Waals surface area contributed by atoms with Gasteiger partial charge in [-0.15, -0.1) is 0 Å². The zero-order valence-corrected chi connectivity index (χ0v) is 8.34. The van der Waals surface area contributed by atoms with E-state index in [2.05, 4.69) is 0 Å². The van der Waals surface area contributed by atoms with Crippen LogP contribution in [0.1, 0.15) is 13.8 Å². The fourth-order valence-electron chi connectivity index (χ4n) is 1.50. The Morgan fingerprint density at radius 2 is 2.15 bits per heavy atom. The van der Waals surface area contributed by atoms with Gasteiger partial charge in [-0.2, -0.15) is 11.8 Å². The number of ether oxygens (including phenoxy) is 2. The minimum atomic E-state index is -0.928. The average molecular weight is 204 g/mol. The van der Waals surface area contributed by atoms with Gasteiger partial charge in [0.25, 0.3) is 0 Å². The van der Waals surface area contributed by atoms with E-state index in [0.29, 0.717) is 5.25 Å². The standard InChI is InChI=1S/C8H12O4S/c1-8(2)11-5(4-3-13-4)6(12-8)7(9)10/h4-6H,3H2,1-2H3,(H,9,10)/t4-,5+,6+/m0/s1. The smallest absolute Gasteiger partial charge is 0.335 e. The van der Waals surface area contributed by atoms with Crippen molar-refractivity contribution in [3.8, 4) is 0 Å². The molecule has 0 aromatic carbocycles. The largest absolute Gasteiger partial charge is 0.479 e. The molecule has 0 aliphatic carbocycles. The Morgan fingerprint density at radius 1 is 1.54 bits per heavy atom. The second kappa shape index (κ2) is 2.87. The van der Waals surface area contributed by atoms with Crippen molar-refractivity contribution in [3.63, 3.8) is 0 Å². The summed E-state index contributed by atoms with van der Waals surface area (Å²) in [6, 6.07) is 0. The minimum absolute atomic E-state index is 0.280. The minimum Gasteiger partial charge on any atom is -0.479 e. The summed E-state index contributed by atoms with van der Waals surface area (Å²) in [5.74, 6) is -0.701. The van der Waals surface area contributed by atoms with Gasteiger partial charge in [0.15, 0.2) is 11.9 Å². The predicted molar refractivity (Wildman–Crippen MR) is 47.7 cm³/mol. The quantitative estimate of drug-likeness (QED) is 0.671. The first kappa shape index (κ1) is 9.30. The third kappa shape index (κ3) is 1.82. The zero-order valence-electron chi connectivity index (χ0n) is 7.52. The summed E-state index contributed by atoms with van der Waals surface area (Å²) in [5, 5.41) is 9.19. The first-order valence-electron chi connectivity index (χ1n) is 4.20. The van der Waals surface area contributed by atoms with Gasteiger partial charge in [0.1, 0.15) is 6.10 Å². The number of carbonyl (C=O) groups is 1. The first-order valence-corrected chi connectivity index (χ1v) is 5.24. The van der Waals surface area contributed by atoms with E-state index in [1.54, 1.807) is 25.6 Å². The second-order valence-electron chi connectivity index (χ2n) is 3.73. The Bertz CT molecular complexity index is 236. The third-order valence-electron chi connectivity index (χ3n) is 2.10. The Kier molecular flexibility index (Phi) is 2.05. The van der Waals surface area contributed by atoms with E-state index in [1.807, 2.05) is 0 Å². The van der Waals surface area contributed by atoms with Crippen LogP contribution in [-0.4, -0.2) is 40.1 Å². The number of carboxylic acids is 1. The molecule has 4 nitrogen and oxygen atoms in total. The molecule has 0 unspecified atom stereocenters. The monoisotopic (exact) mass is 204 g/mol. The van der Waals surface area contributed by atoms with Crippen LogP contribution in [0.5, 0.6) is 0 Å². The Morgan fingerprint density at radius 3 is 2.62 bits per heavy atom. The fourth-order valence-corrected chi connectivity index (χ4v) is 2.19. The Hall–Kier alpha value is -0.260. The van der Waals surface area contributed by atoms with E-state index in [1.165, 1.54) is 0 Å². The van der Waals surface area contributed by atoms with Crippen molar-refractivity contribution >= 4 is 17.7 Å². The molecule has 2 saturated heterocycles. The SMILES string of the molecule is CC1(C)O[C@H]([C@@H]2CS2)[C@H](C(=O)O)O1. The van der Waals surface area contributed by atoms with E-state index in [9.17, 15) is 4.79 Å². The lowest BCUT2D eigenvalue weighted by atomic mass is 10.1. The summed E-state index contributed by atoms with van der Waals surface area (Å²) in [4.78, 5) is 10.8. The average Bonchev–Trinajstić information content (AvgIpc) is 2.75. The number of carboxylic acid groups (broad SMARTS) is 1. The Labute approximate surface area is 80.6 Å². The topological polar surface area (TPSA) is 55.8 Å². The highest BCUT2D eigenvalue weighted by molar-refractivity contribution is 8.06. The maximum atomic E-state index is 10.8. The van der Waals surface area contributed by atoms with Crippen molar-refractivity contribution in [1.82, 2.24) is 0 Å². The zero-order chi connectivity index (χ0) is 9.64. The predicted octanol–water partition coefficient (Wildman–Crippen LogP) is 0.706. The molecular weight excluding hydrogens is 192 g/mol.